The van der Waals surface area contributed by atoms with Gasteiger partial charge in [-0.25, -0.2) is 4.98 Å². The first-order chi connectivity index (χ1) is 12.8. The lowest BCUT2D eigenvalue weighted by Gasteiger charge is -2.38. The summed E-state index contributed by atoms with van der Waals surface area (Å²) >= 11 is 1.61. The van der Waals surface area contributed by atoms with E-state index in [4.69, 9.17) is 0 Å². The van der Waals surface area contributed by atoms with Crippen LogP contribution in [0.25, 0.3) is 10.3 Å². The second kappa shape index (κ2) is 7.02. The van der Waals surface area contributed by atoms with Crippen LogP contribution in [0.15, 0.2) is 12.3 Å². The average Bonchev–Trinajstić information content (AvgIpc) is 3.02. The van der Waals surface area contributed by atoms with Crippen molar-refractivity contribution in [1.82, 2.24) is 15.3 Å². The molecule has 1 aliphatic carbocycles. The smallest absolute Gasteiger partial charge is 0.253 e. The van der Waals surface area contributed by atoms with Gasteiger partial charge in [-0.3, -0.25) is 4.79 Å². The van der Waals surface area contributed by atoms with Crippen molar-refractivity contribution in [1.29, 1.82) is 0 Å². The largest absolute Gasteiger partial charge is 0.390 e. The summed E-state index contributed by atoms with van der Waals surface area (Å²) in [6.45, 7) is 7.00. The number of aliphatic hydroxyl groups is 1. The van der Waals surface area contributed by atoms with E-state index in [1.165, 1.54) is 6.42 Å². The van der Waals surface area contributed by atoms with Crippen LogP contribution in [0.5, 0.6) is 0 Å². The first-order valence-corrected chi connectivity index (χ1v) is 10.7. The Balaban J connectivity index is 1.41. The van der Waals surface area contributed by atoms with Gasteiger partial charge in [-0.15, -0.1) is 0 Å². The van der Waals surface area contributed by atoms with E-state index >= 15 is 0 Å². The van der Waals surface area contributed by atoms with Crippen LogP contribution >= 0.6 is 11.3 Å². The van der Waals surface area contributed by atoms with Crippen molar-refractivity contribution in [2.45, 2.75) is 70.6 Å². The molecule has 4 rings (SSSR count). The fraction of sp³-hybridized carbons (Fsp3) is 0.650. The number of rotatable bonds is 4. The summed E-state index contributed by atoms with van der Waals surface area (Å²) in [6.07, 6.45) is 6.53. The molecule has 2 aromatic rings. The molecule has 0 spiro atoms. The summed E-state index contributed by atoms with van der Waals surface area (Å²) in [6, 6.07) is 2.62. The highest BCUT2D eigenvalue weighted by Crippen LogP contribution is 2.34. The Morgan fingerprint density at radius 2 is 2.04 bits per heavy atom. The molecule has 0 unspecified atom stereocenters. The third-order valence-corrected chi connectivity index (χ3v) is 7.15. The number of anilines is 1. The first-order valence-electron chi connectivity index (χ1n) is 9.87. The zero-order valence-electron chi connectivity index (χ0n) is 16.2. The molecular weight excluding hydrogens is 360 g/mol. The normalized spacial score (nSPS) is 26.1. The van der Waals surface area contributed by atoms with Gasteiger partial charge in [0.15, 0.2) is 10.8 Å². The number of carbonyl (C=O) groups is 1. The van der Waals surface area contributed by atoms with Crippen molar-refractivity contribution in [3.05, 3.63) is 17.8 Å². The van der Waals surface area contributed by atoms with Crippen molar-refractivity contribution in [2.24, 2.45) is 5.92 Å². The highest BCUT2D eigenvalue weighted by Gasteiger charge is 2.32. The third kappa shape index (κ3) is 3.80. The van der Waals surface area contributed by atoms with Crippen molar-refractivity contribution in [3.8, 4) is 0 Å². The molecule has 2 aromatic heterocycles. The molecule has 27 heavy (non-hydrogen) atoms. The van der Waals surface area contributed by atoms with Gasteiger partial charge in [-0.2, -0.15) is 4.98 Å². The fourth-order valence-corrected chi connectivity index (χ4v) is 5.16. The predicted octanol–water partition coefficient (Wildman–Crippen LogP) is 3.35. The monoisotopic (exact) mass is 388 g/mol. The SMILES string of the molecule is C[C@H]1CCN1c1nc2ncc(C(=O)NC3CCC(C(C)(C)O)CC3)cc2s1. The molecule has 1 saturated carbocycles. The third-order valence-electron chi connectivity index (χ3n) is 6.12. The van der Waals surface area contributed by atoms with Crippen LogP contribution < -0.4 is 10.2 Å². The number of thiazole rings is 1. The van der Waals surface area contributed by atoms with Crippen molar-refractivity contribution in [2.75, 3.05) is 11.4 Å². The lowest BCUT2D eigenvalue weighted by atomic mass is 9.77. The number of aromatic nitrogens is 2. The number of hydrogen-bond acceptors (Lipinski definition) is 6. The Labute approximate surface area is 164 Å². The molecule has 146 valence electrons. The molecule has 0 radical (unpaired) electrons. The molecule has 2 aliphatic rings. The van der Waals surface area contributed by atoms with Crippen LogP contribution in [-0.2, 0) is 0 Å². The lowest BCUT2D eigenvalue weighted by molar-refractivity contribution is -0.00257. The summed E-state index contributed by atoms with van der Waals surface area (Å²) in [5.74, 6) is 0.242. The van der Waals surface area contributed by atoms with Crippen molar-refractivity contribution < 1.29 is 9.90 Å². The first kappa shape index (κ1) is 18.6. The Bertz CT molecular complexity index is 836. The maximum atomic E-state index is 12.7. The van der Waals surface area contributed by atoms with Crippen LogP contribution in [0.2, 0.25) is 0 Å². The summed E-state index contributed by atoms with van der Waals surface area (Å²) < 4.78 is 0.961. The highest BCUT2D eigenvalue weighted by atomic mass is 32.1. The van der Waals surface area contributed by atoms with E-state index in [2.05, 4.69) is 27.1 Å². The van der Waals surface area contributed by atoms with Gasteiger partial charge in [0.25, 0.3) is 5.91 Å². The van der Waals surface area contributed by atoms with E-state index in [1.54, 1.807) is 17.5 Å². The van der Waals surface area contributed by atoms with E-state index in [0.29, 0.717) is 17.5 Å². The van der Waals surface area contributed by atoms with Crippen LogP contribution in [0.3, 0.4) is 0 Å². The summed E-state index contributed by atoms with van der Waals surface area (Å²) in [4.78, 5) is 24.0. The second-order valence-electron chi connectivity index (χ2n) is 8.55. The number of hydrogen-bond donors (Lipinski definition) is 2. The molecule has 2 fully saturated rings. The Hall–Kier alpha value is -1.73. The fourth-order valence-electron chi connectivity index (χ4n) is 4.07. The number of pyridine rings is 1. The molecule has 1 aliphatic heterocycles. The molecule has 3 heterocycles. The Kier molecular flexibility index (Phi) is 4.84. The maximum absolute atomic E-state index is 12.7. The highest BCUT2D eigenvalue weighted by molar-refractivity contribution is 7.22. The topological polar surface area (TPSA) is 78.4 Å². The van der Waals surface area contributed by atoms with Crippen LogP contribution in [0.4, 0.5) is 5.13 Å². The molecular formula is C20H28N4O2S. The number of nitrogens with zero attached hydrogens (tertiary/aromatic N) is 3. The number of fused-ring (bicyclic) bond motifs is 1. The molecule has 7 heteroatoms. The number of carbonyl (C=O) groups excluding carboxylic acids is 1. The maximum Gasteiger partial charge on any atom is 0.253 e. The Morgan fingerprint density at radius 1 is 1.30 bits per heavy atom. The minimum atomic E-state index is -0.637. The van der Waals surface area contributed by atoms with Crippen LogP contribution in [0.1, 0.15) is 63.2 Å². The average molecular weight is 389 g/mol. The van der Waals surface area contributed by atoms with E-state index in [1.807, 2.05) is 19.9 Å². The van der Waals surface area contributed by atoms with Gasteiger partial charge < -0.3 is 15.3 Å². The van der Waals surface area contributed by atoms with Crippen LogP contribution in [-0.4, -0.2) is 45.2 Å². The summed E-state index contributed by atoms with van der Waals surface area (Å²) in [5, 5.41) is 14.3. The summed E-state index contributed by atoms with van der Waals surface area (Å²) in [5.41, 5.74) is 0.678. The molecule has 1 saturated heterocycles. The van der Waals surface area contributed by atoms with E-state index in [-0.39, 0.29) is 11.9 Å². The summed E-state index contributed by atoms with van der Waals surface area (Å²) in [7, 11) is 0. The zero-order valence-corrected chi connectivity index (χ0v) is 17.1. The lowest BCUT2D eigenvalue weighted by Crippen LogP contribution is -2.45. The standard InChI is InChI=1S/C20H28N4O2S/c1-12-8-9-24(12)19-23-17-16(27-19)10-13(11-21-17)18(25)22-15-6-4-14(5-7-15)20(2,3)26/h10-12,14-15,26H,4-9H2,1-3H3,(H,22,25)/t12-,14?,15?/m0/s1. The minimum Gasteiger partial charge on any atom is -0.390 e. The second-order valence-corrected chi connectivity index (χ2v) is 9.56. The van der Waals surface area contributed by atoms with Gasteiger partial charge >= 0.3 is 0 Å². The zero-order chi connectivity index (χ0) is 19.2. The molecule has 1 atom stereocenters. The molecule has 0 bridgehead atoms. The predicted molar refractivity (Wildman–Crippen MR) is 108 cm³/mol. The molecule has 6 nitrogen and oxygen atoms in total. The number of nitrogens with one attached hydrogen (secondary N) is 1. The molecule has 2 N–H and O–H groups in total. The Morgan fingerprint density at radius 3 is 2.63 bits per heavy atom. The van der Waals surface area contributed by atoms with E-state index in [0.717, 1.165) is 47.7 Å². The van der Waals surface area contributed by atoms with Gasteiger partial charge in [0.1, 0.15) is 0 Å². The molecule has 1 amide bonds. The van der Waals surface area contributed by atoms with E-state index < -0.39 is 5.60 Å². The molecule has 0 aromatic carbocycles. The minimum absolute atomic E-state index is 0.0663. The van der Waals surface area contributed by atoms with Crippen LogP contribution in [0, 0.1) is 5.92 Å². The van der Waals surface area contributed by atoms with Gasteiger partial charge in [-0.05, 0) is 64.9 Å². The van der Waals surface area contributed by atoms with Crippen molar-refractivity contribution in [3.63, 3.8) is 0 Å². The van der Waals surface area contributed by atoms with Gasteiger partial charge in [0.05, 0.1) is 15.9 Å². The van der Waals surface area contributed by atoms with Crippen molar-refractivity contribution >= 4 is 32.7 Å². The number of amides is 1. The van der Waals surface area contributed by atoms with E-state index in [9.17, 15) is 9.90 Å². The quantitative estimate of drug-likeness (QED) is 0.840. The van der Waals surface area contributed by atoms with Gasteiger partial charge in [0.2, 0.25) is 0 Å². The van der Waals surface area contributed by atoms with Gasteiger partial charge in [0, 0.05) is 24.8 Å². The van der Waals surface area contributed by atoms with Gasteiger partial charge in [-0.1, -0.05) is 11.3 Å².